The molecule has 2 amide bonds. The highest BCUT2D eigenvalue weighted by Crippen LogP contribution is 2.52. The Bertz CT molecular complexity index is 345. The van der Waals surface area contributed by atoms with E-state index in [1.54, 1.807) is 19.1 Å². The van der Waals surface area contributed by atoms with Crippen LogP contribution in [0.3, 0.4) is 0 Å². The van der Waals surface area contributed by atoms with Gasteiger partial charge in [-0.3, -0.25) is 9.59 Å². The first-order chi connectivity index (χ1) is 7.11. The van der Waals surface area contributed by atoms with Gasteiger partial charge in [0, 0.05) is 14.1 Å². The van der Waals surface area contributed by atoms with Crippen molar-refractivity contribution in [3.63, 3.8) is 0 Å². The summed E-state index contributed by atoms with van der Waals surface area (Å²) in [6.45, 7) is 0. The number of amides is 2. The van der Waals surface area contributed by atoms with E-state index in [1.165, 1.54) is 5.01 Å². The molecule has 0 aromatic rings. The maximum Gasteiger partial charge on any atom is 0.248 e. The highest BCUT2D eigenvalue weighted by molar-refractivity contribution is 6.05. The smallest absolute Gasteiger partial charge is 0.248 e. The van der Waals surface area contributed by atoms with Crippen LogP contribution in [-0.2, 0) is 9.59 Å². The number of hydrogen-bond donors (Lipinski definition) is 0. The summed E-state index contributed by atoms with van der Waals surface area (Å²) in [4.78, 5) is 24.1. The minimum absolute atomic E-state index is 0.00755. The molecule has 4 heteroatoms. The van der Waals surface area contributed by atoms with Crippen LogP contribution in [0.2, 0.25) is 0 Å². The van der Waals surface area contributed by atoms with Gasteiger partial charge in [0.15, 0.2) is 0 Å². The van der Waals surface area contributed by atoms with Gasteiger partial charge in [-0.25, -0.2) is 10.0 Å². The molecule has 0 spiro atoms. The van der Waals surface area contributed by atoms with Crippen LogP contribution in [0.15, 0.2) is 12.2 Å². The summed E-state index contributed by atoms with van der Waals surface area (Å²) in [5, 5.41) is 2.91. The number of imide groups is 1. The average Bonchev–Trinajstić information content (AvgIpc) is 2.79. The zero-order chi connectivity index (χ0) is 10.7. The van der Waals surface area contributed by atoms with Crippen LogP contribution in [0.4, 0.5) is 0 Å². The van der Waals surface area contributed by atoms with Crippen LogP contribution in [0.1, 0.15) is 6.42 Å². The van der Waals surface area contributed by atoms with Crippen molar-refractivity contribution in [3.05, 3.63) is 12.2 Å². The molecule has 3 rings (SSSR count). The van der Waals surface area contributed by atoms with Crippen molar-refractivity contribution in [1.82, 2.24) is 10.0 Å². The van der Waals surface area contributed by atoms with Crippen molar-refractivity contribution >= 4 is 11.8 Å². The van der Waals surface area contributed by atoms with Gasteiger partial charge in [-0.2, -0.15) is 0 Å². The predicted octanol–water partition coefficient (Wildman–Crippen LogP) is 0.270. The lowest BCUT2D eigenvalue weighted by molar-refractivity contribution is -0.155. The summed E-state index contributed by atoms with van der Waals surface area (Å²) < 4.78 is 0. The van der Waals surface area contributed by atoms with Crippen LogP contribution in [0.25, 0.3) is 0 Å². The Morgan fingerprint density at radius 1 is 1.13 bits per heavy atom. The summed E-state index contributed by atoms with van der Waals surface area (Å²) in [5.74, 6) is 0.450. The molecule has 0 aromatic heterocycles. The summed E-state index contributed by atoms with van der Waals surface area (Å²) in [5.41, 5.74) is 0. The third-order valence-corrected chi connectivity index (χ3v) is 3.85. The quantitative estimate of drug-likeness (QED) is 0.457. The van der Waals surface area contributed by atoms with E-state index in [4.69, 9.17) is 0 Å². The standard InChI is InChI=1S/C11H14N2O2/c1-12(2)13-10(14)8-6-3-4-7(5-6)9(8)11(13)15/h3-4,6-9H,5H2,1-2H3. The molecule has 1 heterocycles. The zero-order valence-corrected chi connectivity index (χ0v) is 8.88. The van der Waals surface area contributed by atoms with Gasteiger partial charge < -0.3 is 0 Å². The molecule has 15 heavy (non-hydrogen) atoms. The zero-order valence-electron chi connectivity index (χ0n) is 8.88. The van der Waals surface area contributed by atoms with Gasteiger partial charge in [0.2, 0.25) is 11.8 Å². The van der Waals surface area contributed by atoms with E-state index in [9.17, 15) is 9.59 Å². The van der Waals surface area contributed by atoms with E-state index < -0.39 is 0 Å². The van der Waals surface area contributed by atoms with Crippen molar-refractivity contribution in [3.8, 4) is 0 Å². The van der Waals surface area contributed by atoms with Crippen molar-refractivity contribution in [2.24, 2.45) is 23.7 Å². The Morgan fingerprint density at radius 2 is 1.60 bits per heavy atom. The lowest BCUT2D eigenvalue weighted by Crippen LogP contribution is -2.43. The number of carbonyl (C=O) groups is 2. The fourth-order valence-corrected chi connectivity index (χ4v) is 3.28. The molecule has 2 fully saturated rings. The van der Waals surface area contributed by atoms with E-state index in [2.05, 4.69) is 12.2 Å². The molecule has 1 saturated carbocycles. The summed E-state index contributed by atoms with van der Waals surface area (Å²) in [7, 11) is 3.48. The molecule has 1 aliphatic heterocycles. The Balaban J connectivity index is 2.00. The first kappa shape index (κ1) is 9.09. The molecule has 1 saturated heterocycles. The molecular formula is C11H14N2O2. The first-order valence-corrected chi connectivity index (χ1v) is 5.34. The summed E-state index contributed by atoms with van der Waals surface area (Å²) in [6.07, 6.45) is 5.21. The van der Waals surface area contributed by atoms with Gasteiger partial charge in [0.25, 0.3) is 0 Å². The van der Waals surface area contributed by atoms with Gasteiger partial charge >= 0.3 is 0 Å². The van der Waals surface area contributed by atoms with E-state index in [1.807, 2.05) is 0 Å². The number of hydrazine groups is 1. The van der Waals surface area contributed by atoms with Gasteiger partial charge in [0.05, 0.1) is 11.8 Å². The highest BCUT2D eigenvalue weighted by atomic mass is 16.2. The van der Waals surface area contributed by atoms with Crippen LogP contribution in [0, 0.1) is 23.7 Å². The van der Waals surface area contributed by atoms with Gasteiger partial charge in [-0.15, -0.1) is 0 Å². The van der Waals surface area contributed by atoms with Gasteiger partial charge in [-0.05, 0) is 18.3 Å². The molecule has 0 radical (unpaired) electrons. The number of hydrogen-bond acceptors (Lipinski definition) is 3. The van der Waals surface area contributed by atoms with E-state index in [0.717, 1.165) is 6.42 Å². The highest BCUT2D eigenvalue weighted by Gasteiger charge is 2.59. The molecule has 4 atom stereocenters. The average molecular weight is 206 g/mol. The molecule has 4 nitrogen and oxygen atoms in total. The van der Waals surface area contributed by atoms with Crippen LogP contribution >= 0.6 is 0 Å². The summed E-state index contributed by atoms with van der Waals surface area (Å²) in [6, 6.07) is 0. The number of allylic oxidation sites excluding steroid dienone is 2. The molecule has 3 aliphatic rings. The fourth-order valence-electron chi connectivity index (χ4n) is 3.28. The first-order valence-electron chi connectivity index (χ1n) is 5.34. The number of rotatable bonds is 1. The lowest BCUT2D eigenvalue weighted by atomic mass is 9.85. The number of nitrogens with zero attached hydrogens (tertiary/aromatic N) is 2. The van der Waals surface area contributed by atoms with E-state index in [0.29, 0.717) is 11.8 Å². The molecule has 2 bridgehead atoms. The predicted molar refractivity (Wildman–Crippen MR) is 53.3 cm³/mol. The lowest BCUT2D eigenvalue weighted by Gasteiger charge is -2.23. The normalized spacial score (nSPS) is 42.2. The second-order valence-electron chi connectivity index (χ2n) is 4.84. The minimum Gasteiger partial charge on any atom is -0.273 e. The van der Waals surface area contributed by atoms with Crippen molar-refractivity contribution in [2.45, 2.75) is 6.42 Å². The Morgan fingerprint density at radius 3 is 2.00 bits per heavy atom. The number of carbonyl (C=O) groups excluding carboxylic acids is 2. The van der Waals surface area contributed by atoms with Gasteiger partial charge in [0.1, 0.15) is 0 Å². The van der Waals surface area contributed by atoms with Crippen LogP contribution < -0.4 is 0 Å². The van der Waals surface area contributed by atoms with Crippen molar-refractivity contribution < 1.29 is 9.59 Å². The third kappa shape index (κ3) is 0.951. The Hall–Kier alpha value is -1.16. The van der Waals surface area contributed by atoms with Crippen LogP contribution in [-0.4, -0.2) is 35.9 Å². The molecule has 0 aromatic carbocycles. The third-order valence-electron chi connectivity index (χ3n) is 3.85. The second kappa shape index (κ2) is 2.70. The largest absolute Gasteiger partial charge is 0.273 e. The SMILES string of the molecule is CN(C)N1C(=O)C2C3C=CC(C3)C2C1=O. The summed E-state index contributed by atoms with van der Waals surface area (Å²) >= 11 is 0. The van der Waals surface area contributed by atoms with Gasteiger partial charge in [-0.1, -0.05) is 12.2 Å². The Labute approximate surface area is 88.5 Å². The second-order valence-corrected chi connectivity index (χ2v) is 4.84. The molecule has 2 aliphatic carbocycles. The maximum absolute atomic E-state index is 12.1. The maximum atomic E-state index is 12.1. The van der Waals surface area contributed by atoms with E-state index in [-0.39, 0.29) is 23.7 Å². The van der Waals surface area contributed by atoms with Crippen molar-refractivity contribution in [1.29, 1.82) is 0 Å². The topological polar surface area (TPSA) is 40.6 Å². The molecule has 0 N–H and O–H groups in total. The fraction of sp³-hybridized carbons (Fsp3) is 0.636. The molecule has 80 valence electrons. The van der Waals surface area contributed by atoms with Crippen LogP contribution in [0.5, 0.6) is 0 Å². The van der Waals surface area contributed by atoms with Crippen molar-refractivity contribution in [2.75, 3.05) is 14.1 Å². The molecule has 4 unspecified atom stereocenters. The monoisotopic (exact) mass is 206 g/mol. The number of fused-ring (bicyclic) bond motifs is 5. The van der Waals surface area contributed by atoms with E-state index >= 15 is 0 Å². The minimum atomic E-state index is -0.0742. The molecular weight excluding hydrogens is 192 g/mol. The Kier molecular flexibility index (Phi) is 1.63.